The molecule has 0 atom stereocenters. The summed E-state index contributed by atoms with van der Waals surface area (Å²) in [5.74, 6) is 1.12. The number of methoxy groups -OCH3 is 1. The van der Waals surface area contributed by atoms with Crippen molar-refractivity contribution in [3.8, 4) is 5.75 Å². The predicted octanol–water partition coefficient (Wildman–Crippen LogP) is 3.60. The smallest absolute Gasteiger partial charge is 0.163 e. The quantitative estimate of drug-likeness (QED) is 0.725. The van der Waals surface area contributed by atoms with Crippen molar-refractivity contribution in [2.24, 2.45) is 0 Å². The summed E-state index contributed by atoms with van der Waals surface area (Å²) in [4.78, 5) is 11.9. The maximum Gasteiger partial charge on any atom is 0.163 e. The summed E-state index contributed by atoms with van der Waals surface area (Å²) in [6.07, 6.45) is 1.51. The van der Waals surface area contributed by atoms with Gasteiger partial charge in [-0.15, -0.1) is 0 Å². The molecule has 16 heavy (non-hydrogen) atoms. The lowest BCUT2D eigenvalue weighted by Gasteiger charge is -2.14. The molecule has 0 aliphatic rings. The molecule has 0 saturated carbocycles. The third kappa shape index (κ3) is 2.26. The molecule has 0 aliphatic carbocycles. The molecule has 1 aromatic rings. The van der Waals surface area contributed by atoms with Gasteiger partial charge >= 0.3 is 0 Å². The van der Waals surface area contributed by atoms with E-state index in [0.29, 0.717) is 6.42 Å². The number of carbonyl (C=O) groups excluding carboxylic acids is 1. The van der Waals surface area contributed by atoms with Crippen LogP contribution < -0.4 is 4.74 Å². The second kappa shape index (κ2) is 5.15. The van der Waals surface area contributed by atoms with Gasteiger partial charge in [-0.05, 0) is 49.9 Å². The van der Waals surface area contributed by atoms with Crippen LogP contribution >= 0.6 is 0 Å². The zero-order chi connectivity index (χ0) is 12.3. The van der Waals surface area contributed by atoms with E-state index in [2.05, 4.69) is 0 Å². The molecule has 0 aliphatic heterocycles. The number of aryl methyl sites for hydroxylation is 1. The van der Waals surface area contributed by atoms with E-state index in [1.807, 2.05) is 33.8 Å². The highest BCUT2D eigenvalue weighted by atomic mass is 16.5. The summed E-state index contributed by atoms with van der Waals surface area (Å²) >= 11 is 0. The number of ether oxygens (including phenoxy) is 1. The van der Waals surface area contributed by atoms with Crippen molar-refractivity contribution in [1.29, 1.82) is 0 Å². The Hall–Kier alpha value is -1.31. The van der Waals surface area contributed by atoms with Gasteiger partial charge in [0.1, 0.15) is 5.75 Å². The monoisotopic (exact) mass is 220 g/mol. The van der Waals surface area contributed by atoms with Crippen molar-refractivity contribution < 1.29 is 9.53 Å². The topological polar surface area (TPSA) is 26.3 Å². The van der Waals surface area contributed by atoms with Crippen molar-refractivity contribution in [3.05, 3.63) is 28.3 Å². The molecule has 88 valence electrons. The molecule has 1 aromatic carbocycles. The van der Waals surface area contributed by atoms with Crippen LogP contribution in [0.25, 0.3) is 0 Å². The Kier molecular flexibility index (Phi) is 4.11. The summed E-state index contributed by atoms with van der Waals surface area (Å²) in [5, 5.41) is 0. The number of hydrogen-bond donors (Lipinski definition) is 0. The van der Waals surface area contributed by atoms with E-state index in [4.69, 9.17) is 4.74 Å². The highest BCUT2D eigenvalue weighted by Crippen LogP contribution is 2.29. The van der Waals surface area contributed by atoms with Gasteiger partial charge in [-0.2, -0.15) is 0 Å². The maximum absolute atomic E-state index is 11.9. The number of Topliss-reactive ketones (excluding diaryl/α,β-unsaturated/α-hetero) is 1. The summed E-state index contributed by atoms with van der Waals surface area (Å²) in [5.41, 5.74) is 3.99. The van der Waals surface area contributed by atoms with Crippen LogP contribution in [0.4, 0.5) is 0 Å². The molecule has 0 amide bonds. The standard InChI is InChI=1S/C14H20O2/c1-6-7-13(15)12-8-9(2)14(16-5)11(4)10(12)3/h8H,6-7H2,1-5H3. The van der Waals surface area contributed by atoms with Gasteiger partial charge in [0.2, 0.25) is 0 Å². The minimum absolute atomic E-state index is 0.230. The van der Waals surface area contributed by atoms with Crippen LogP contribution in [0.5, 0.6) is 5.75 Å². The van der Waals surface area contributed by atoms with Crippen molar-refractivity contribution in [2.45, 2.75) is 40.5 Å². The van der Waals surface area contributed by atoms with Gasteiger partial charge < -0.3 is 4.74 Å². The van der Waals surface area contributed by atoms with E-state index >= 15 is 0 Å². The SMILES string of the molecule is CCCC(=O)c1cc(C)c(OC)c(C)c1C. The van der Waals surface area contributed by atoms with E-state index in [9.17, 15) is 4.79 Å². The summed E-state index contributed by atoms with van der Waals surface area (Å²) in [6.45, 7) is 7.99. The van der Waals surface area contributed by atoms with Crippen molar-refractivity contribution >= 4 is 5.78 Å². The average molecular weight is 220 g/mol. The van der Waals surface area contributed by atoms with Gasteiger partial charge in [-0.3, -0.25) is 4.79 Å². The Balaban J connectivity index is 3.28. The first-order valence-corrected chi connectivity index (χ1v) is 5.70. The van der Waals surface area contributed by atoms with Crippen molar-refractivity contribution in [1.82, 2.24) is 0 Å². The molecule has 0 heterocycles. The lowest BCUT2D eigenvalue weighted by molar-refractivity contribution is 0.0981. The summed E-state index contributed by atoms with van der Waals surface area (Å²) in [6, 6.07) is 1.94. The van der Waals surface area contributed by atoms with Gasteiger partial charge in [-0.1, -0.05) is 6.92 Å². The Labute approximate surface area is 97.6 Å². The molecule has 0 unspecified atom stereocenters. The Morgan fingerprint density at radius 1 is 1.25 bits per heavy atom. The normalized spacial score (nSPS) is 10.3. The van der Waals surface area contributed by atoms with Gasteiger partial charge in [0, 0.05) is 12.0 Å². The largest absolute Gasteiger partial charge is 0.496 e. The number of carbonyl (C=O) groups is 1. The van der Waals surface area contributed by atoms with Crippen LogP contribution in [0.1, 0.15) is 46.8 Å². The third-order valence-electron chi connectivity index (χ3n) is 3.01. The molecule has 0 aromatic heterocycles. The fourth-order valence-electron chi connectivity index (χ4n) is 2.02. The molecule has 0 fully saturated rings. The van der Waals surface area contributed by atoms with Crippen molar-refractivity contribution in [2.75, 3.05) is 7.11 Å². The predicted molar refractivity (Wildman–Crippen MR) is 66.4 cm³/mol. The fraction of sp³-hybridized carbons (Fsp3) is 0.500. The van der Waals surface area contributed by atoms with E-state index in [0.717, 1.165) is 34.4 Å². The van der Waals surface area contributed by atoms with Crippen LogP contribution in [-0.2, 0) is 0 Å². The molecule has 2 heteroatoms. The number of hydrogen-bond acceptors (Lipinski definition) is 2. The third-order valence-corrected chi connectivity index (χ3v) is 3.01. The van der Waals surface area contributed by atoms with Crippen molar-refractivity contribution in [3.63, 3.8) is 0 Å². The molecular weight excluding hydrogens is 200 g/mol. The summed E-state index contributed by atoms with van der Waals surface area (Å²) in [7, 11) is 1.67. The highest BCUT2D eigenvalue weighted by molar-refractivity contribution is 5.98. The van der Waals surface area contributed by atoms with Crippen LogP contribution in [0.3, 0.4) is 0 Å². The fourth-order valence-corrected chi connectivity index (χ4v) is 2.02. The van der Waals surface area contributed by atoms with Gasteiger partial charge in [0.25, 0.3) is 0 Å². The lowest BCUT2D eigenvalue weighted by Crippen LogP contribution is -2.05. The first kappa shape index (κ1) is 12.8. The molecule has 1 rings (SSSR count). The van der Waals surface area contributed by atoms with Gasteiger partial charge in [0.15, 0.2) is 5.78 Å². The Morgan fingerprint density at radius 3 is 2.38 bits per heavy atom. The van der Waals surface area contributed by atoms with E-state index in [1.54, 1.807) is 7.11 Å². The van der Waals surface area contributed by atoms with Crippen LogP contribution in [0.2, 0.25) is 0 Å². The molecule has 0 N–H and O–H groups in total. The zero-order valence-electron chi connectivity index (χ0n) is 10.8. The number of benzene rings is 1. The van der Waals surface area contributed by atoms with E-state index in [-0.39, 0.29) is 5.78 Å². The second-order valence-corrected chi connectivity index (χ2v) is 4.20. The Morgan fingerprint density at radius 2 is 1.88 bits per heavy atom. The van der Waals surface area contributed by atoms with E-state index < -0.39 is 0 Å². The lowest BCUT2D eigenvalue weighted by atomic mass is 9.94. The molecular formula is C14H20O2. The van der Waals surface area contributed by atoms with Crippen LogP contribution in [0.15, 0.2) is 6.07 Å². The molecule has 0 spiro atoms. The van der Waals surface area contributed by atoms with Gasteiger partial charge in [-0.25, -0.2) is 0 Å². The highest BCUT2D eigenvalue weighted by Gasteiger charge is 2.14. The Bertz CT molecular complexity index is 406. The second-order valence-electron chi connectivity index (χ2n) is 4.20. The molecule has 0 saturated heterocycles. The van der Waals surface area contributed by atoms with Gasteiger partial charge in [0.05, 0.1) is 7.11 Å². The summed E-state index contributed by atoms with van der Waals surface area (Å²) < 4.78 is 5.34. The van der Waals surface area contributed by atoms with Crippen LogP contribution in [0, 0.1) is 20.8 Å². The maximum atomic E-state index is 11.9. The minimum Gasteiger partial charge on any atom is -0.496 e. The molecule has 0 bridgehead atoms. The number of ketones is 1. The average Bonchev–Trinajstić information content (AvgIpc) is 2.24. The minimum atomic E-state index is 0.230. The first-order chi connectivity index (χ1) is 7.52. The molecule has 0 radical (unpaired) electrons. The zero-order valence-corrected chi connectivity index (χ0v) is 10.8. The molecule has 2 nitrogen and oxygen atoms in total. The first-order valence-electron chi connectivity index (χ1n) is 5.70. The van der Waals surface area contributed by atoms with E-state index in [1.165, 1.54) is 0 Å². The number of rotatable bonds is 4. The van der Waals surface area contributed by atoms with Crippen LogP contribution in [-0.4, -0.2) is 12.9 Å².